The standard InChI is InChI=1S/C6H14NO2P/c7-5-3-1-2-4-6(5)10(8)9/h5-6,10H,1-4,7H2,(H,8,9). The van der Waals surface area contributed by atoms with Gasteiger partial charge in [0.1, 0.15) is 0 Å². The molecule has 60 valence electrons. The van der Waals surface area contributed by atoms with Crippen LogP contribution < -0.4 is 5.73 Å². The second kappa shape index (κ2) is 3.51. The minimum Gasteiger partial charge on any atom is -0.346 e. The second-order valence-corrected chi connectivity index (χ2v) is 4.31. The van der Waals surface area contributed by atoms with Gasteiger partial charge >= 0.3 is 0 Å². The van der Waals surface area contributed by atoms with Crippen molar-refractivity contribution in [1.82, 2.24) is 0 Å². The van der Waals surface area contributed by atoms with Crippen molar-refractivity contribution < 1.29 is 9.46 Å². The van der Waals surface area contributed by atoms with E-state index in [4.69, 9.17) is 10.6 Å². The van der Waals surface area contributed by atoms with Crippen LogP contribution in [0.4, 0.5) is 0 Å². The SMILES string of the molecule is NC1CCCCC1[PH](=O)O. The van der Waals surface area contributed by atoms with Gasteiger partial charge in [0.15, 0.2) is 8.03 Å². The molecule has 1 rings (SSSR count). The van der Waals surface area contributed by atoms with E-state index in [0.717, 1.165) is 25.7 Å². The lowest BCUT2D eigenvalue weighted by atomic mass is 9.96. The Morgan fingerprint density at radius 2 is 2.00 bits per heavy atom. The van der Waals surface area contributed by atoms with E-state index in [-0.39, 0.29) is 11.7 Å². The summed E-state index contributed by atoms with van der Waals surface area (Å²) < 4.78 is 10.7. The first kappa shape index (κ1) is 8.25. The highest BCUT2D eigenvalue weighted by molar-refractivity contribution is 7.39. The van der Waals surface area contributed by atoms with Crippen molar-refractivity contribution in [2.75, 3.05) is 0 Å². The van der Waals surface area contributed by atoms with Crippen molar-refractivity contribution in [3.8, 4) is 0 Å². The van der Waals surface area contributed by atoms with E-state index in [1.807, 2.05) is 0 Å². The Morgan fingerprint density at radius 3 is 2.40 bits per heavy atom. The molecule has 0 amide bonds. The molecule has 0 aliphatic heterocycles. The van der Waals surface area contributed by atoms with Crippen LogP contribution in [0.2, 0.25) is 0 Å². The molecular formula is C6H14NO2P. The summed E-state index contributed by atoms with van der Waals surface area (Å²) >= 11 is 0. The van der Waals surface area contributed by atoms with E-state index in [1.165, 1.54) is 0 Å². The zero-order valence-corrected chi connectivity index (χ0v) is 6.92. The fourth-order valence-corrected chi connectivity index (χ4v) is 2.45. The molecule has 3 nitrogen and oxygen atoms in total. The minimum absolute atomic E-state index is 0.0230. The number of rotatable bonds is 1. The molecule has 4 heteroatoms. The fourth-order valence-electron chi connectivity index (χ4n) is 1.47. The molecule has 1 aliphatic rings. The Bertz CT molecular complexity index is 140. The van der Waals surface area contributed by atoms with Gasteiger partial charge in [0, 0.05) is 11.7 Å². The lowest BCUT2D eigenvalue weighted by Crippen LogP contribution is -2.35. The van der Waals surface area contributed by atoms with Gasteiger partial charge in [-0.3, -0.25) is 4.57 Å². The largest absolute Gasteiger partial charge is 0.346 e. The van der Waals surface area contributed by atoms with Gasteiger partial charge in [-0.1, -0.05) is 12.8 Å². The Morgan fingerprint density at radius 1 is 1.40 bits per heavy atom. The third-order valence-corrected chi connectivity index (χ3v) is 3.49. The smallest absolute Gasteiger partial charge is 0.193 e. The third kappa shape index (κ3) is 1.82. The highest BCUT2D eigenvalue weighted by Gasteiger charge is 2.25. The predicted molar refractivity (Wildman–Crippen MR) is 41.5 cm³/mol. The molecule has 3 N–H and O–H groups in total. The molecule has 0 bridgehead atoms. The van der Waals surface area contributed by atoms with Gasteiger partial charge in [-0.2, -0.15) is 0 Å². The van der Waals surface area contributed by atoms with Gasteiger partial charge < -0.3 is 10.6 Å². The molecule has 0 aromatic carbocycles. The van der Waals surface area contributed by atoms with Crippen molar-refractivity contribution in [3.05, 3.63) is 0 Å². The van der Waals surface area contributed by atoms with Crippen molar-refractivity contribution in [2.24, 2.45) is 5.73 Å². The van der Waals surface area contributed by atoms with Gasteiger partial charge in [0.05, 0.1) is 0 Å². The van der Waals surface area contributed by atoms with Crippen molar-refractivity contribution >= 4 is 8.03 Å². The lowest BCUT2D eigenvalue weighted by Gasteiger charge is -2.25. The number of nitrogens with two attached hydrogens (primary N) is 1. The van der Waals surface area contributed by atoms with Crippen LogP contribution in [-0.2, 0) is 4.57 Å². The van der Waals surface area contributed by atoms with E-state index in [2.05, 4.69) is 0 Å². The molecule has 3 atom stereocenters. The maximum atomic E-state index is 10.7. The molecule has 1 aliphatic carbocycles. The van der Waals surface area contributed by atoms with Crippen LogP contribution >= 0.6 is 8.03 Å². The molecule has 0 saturated heterocycles. The summed E-state index contributed by atoms with van der Waals surface area (Å²) in [7, 11) is -2.36. The zero-order valence-electron chi connectivity index (χ0n) is 5.92. The highest BCUT2D eigenvalue weighted by Crippen LogP contribution is 2.34. The van der Waals surface area contributed by atoms with Gasteiger partial charge in [-0.15, -0.1) is 0 Å². The Labute approximate surface area is 61.5 Å². The van der Waals surface area contributed by atoms with Crippen LogP contribution in [0.3, 0.4) is 0 Å². The van der Waals surface area contributed by atoms with E-state index in [9.17, 15) is 4.57 Å². The monoisotopic (exact) mass is 163 g/mol. The van der Waals surface area contributed by atoms with Gasteiger partial charge in [-0.05, 0) is 12.8 Å². The summed E-state index contributed by atoms with van der Waals surface area (Å²) in [6.07, 6.45) is 3.94. The fraction of sp³-hybridized carbons (Fsp3) is 1.00. The first-order valence-corrected chi connectivity index (χ1v) is 5.13. The zero-order chi connectivity index (χ0) is 7.56. The van der Waals surface area contributed by atoms with Crippen LogP contribution in [0.5, 0.6) is 0 Å². The summed E-state index contributed by atoms with van der Waals surface area (Å²) in [6.45, 7) is 0. The normalized spacial score (nSPS) is 37.4. The van der Waals surface area contributed by atoms with Crippen LogP contribution in [-0.4, -0.2) is 16.6 Å². The quantitative estimate of drug-likeness (QED) is 0.560. The molecule has 0 radical (unpaired) electrons. The lowest BCUT2D eigenvalue weighted by molar-refractivity contribution is 0.407. The third-order valence-electron chi connectivity index (χ3n) is 2.14. The summed E-state index contributed by atoms with van der Waals surface area (Å²) in [6, 6.07) is -0.0230. The van der Waals surface area contributed by atoms with E-state index in [1.54, 1.807) is 0 Å². The van der Waals surface area contributed by atoms with Crippen LogP contribution in [0.15, 0.2) is 0 Å². The van der Waals surface area contributed by atoms with Gasteiger partial charge in [0.2, 0.25) is 0 Å². The van der Waals surface area contributed by atoms with Crippen molar-refractivity contribution in [1.29, 1.82) is 0 Å². The number of hydrogen-bond acceptors (Lipinski definition) is 2. The van der Waals surface area contributed by atoms with Crippen LogP contribution in [0.25, 0.3) is 0 Å². The summed E-state index contributed by atoms with van der Waals surface area (Å²) in [5.41, 5.74) is 5.55. The minimum atomic E-state index is -2.36. The molecule has 1 fully saturated rings. The highest BCUT2D eigenvalue weighted by atomic mass is 31.1. The van der Waals surface area contributed by atoms with Gasteiger partial charge in [-0.25, -0.2) is 0 Å². The van der Waals surface area contributed by atoms with Crippen molar-refractivity contribution in [3.63, 3.8) is 0 Å². The first-order valence-electron chi connectivity index (χ1n) is 3.70. The predicted octanol–water partition coefficient (Wildman–Crippen LogP) is 0.723. The Kier molecular flexibility index (Phi) is 2.90. The van der Waals surface area contributed by atoms with E-state index in [0.29, 0.717) is 0 Å². The van der Waals surface area contributed by atoms with Crippen LogP contribution in [0.1, 0.15) is 25.7 Å². The Balaban J connectivity index is 2.47. The maximum absolute atomic E-state index is 10.7. The molecule has 3 unspecified atom stereocenters. The number of hydrogen-bond donors (Lipinski definition) is 2. The average molecular weight is 163 g/mol. The Hall–Kier alpha value is 0.150. The van der Waals surface area contributed by atoms with E-state index < -0.39 is 8.03 Å². The molecular weight excluding hydrogens is 149 g/mol. The molecule has 0 spiro atoms. The molecule has 10 heavy (non-hydrogen) atoms. The summed E-state index contributed by atoms with van der Waals surface area (Å²) in [5.74, 6) is 0. The second-order valence-electron chi connectivity index (χ2n) is 2.89. The molecule has 0 aromatic heterocycles. The molecule has 0 heterocycles. The average Bonchev–Trinajstić information content (AvgIpc) is 1.88. The summed E-state index contributed by atoms with van der Waals surface area (Å²) in [4.78, 5) is 8.81. The molecule has 1 saturated carbocycles. The first-order chi connectivity index (χ1) is 4.72. The maximum Gasteiger partial charge on any atom is 0.193 e. The topological polar surface area (TPSA) is 63.3 Å². The van der Waals surface area contributed by atoms with E-state index >= 15 is 0 Å². The molecule has 0 aromatic rings. The van der Waals surface area contributed by atoms with Crippen LogP contribution in [0, 0.1) is 0 Å². The van der Waals surface area contributed by atoms with Crippen molar-refractivity contribution in [2.45, 2.75) is 37.4 Å². The summed E-state index contributed by atoms with van der Waals surface area (Å²) in [5, 5.41) is 0. The van der Waals surface area contributed by atoms with Gasteiger partial charge in [0.25, 0.3) is 0 Å².